The van der Waals surface area contributed by atoms with Crippen LogP contribution >= 0.6 is 15.9 Å². The van der Waals surface area contributed by atoms with Crippen LogP contribution in [-0.4, -0.2) is 4.21 Å². The molecule has 2 aromatic rings. The van der Waals surface area contributed by atoms with Gasteiger partial charge < -0.3 is 5.73 Å². The summed E-state index contributed by atoms with van der Waals surface area (Å²) in [6.07, 6.45) is 0. The lowest BCUT2D eigenvalue weighted by molar-refractivity contribution is 0.560. The molecule has 0 aliphatic rings. The lowest BCUT2D eigenvalue weighted by Crippen LogP contribution is -2.04. The van der Waals surface area contributed by atoms with E-state index < -0.39 is 22.4 Å². The number of hydrogen-bond donors (Lipinski definition) is 1. The zero-order chi connectivity index (χ0) is 14.9. The van der Waals surface area contributed by atoms with Crippen molar-refractivity contribution < 1.29 is 13.0 Å². The average Bonchev–Trinajstić information content (AvgIpc) is 2.39. The smallest absolute Gasteiger partial charge is 0.144 e. The summed E-state index contributed by atoms with van der Waals surface area (Å²) in [5, 5.41) is 0. The van der Waals surface area contributed by atoms with E-state index in [2.05, 4.69) is 15.9 Å². The minimum atomic E-state index is -1.54. The van der Waals surface area contributed by atoms with Gasteiger partial charge in [-0.15, -0.1) is 0 Å². The molecule has 0 aromatic heterocycles. The summed E-state index contributed by atoms with van der Waals surface area (Å²) in [6.45, 7) is 1.76. The highest BCUT2D eigenvalue weighted by Gasteiger charge is 2.17. The lowest BCUT2D eigenvalue weighted by atomic mass is 10.2. The largest absolute Gasteiger partial charge is 0.399 e. The second-order valence-corrected chi connectivity index (χ2v) is 6.61. The fourth-order valence-electron chi connectivity index (χ4n) is 1.84. The number of nitrogens with two attached hydrogens (primary N) is 1. The number of halogens is 3. The minimum Gasteiger partial charge on any atom is -0.399 e. The Morgan fingerprint density at radius 3 is 2.60 bits per heavy atom. The van der Waals surface area contributed by atoms with Crippen molar-refractivity contribution in [3.8, 4) is 0 Å². The summed E-state index contributed by atoms with van der Waals surface area (Å²) in [6, 6.07) is 7.35. The van der Waals surface area contributed by atoms with E-state index in [4.69, 9.17) is 5.73 Å². The van der Waals surface area contributed by atoms with Crippen molar-refractivity contribution in [2.45, 2.75) is 17.6 Å². The highest BCUT2D eigenvalue weighted by atomic mass is 79.9. The van der Waals surface area contributed by atoms with Gasteiger partial charge in [0, 0.05) is 16.1 Å². The van der Waals surface area contributed by atoms with Crippen LogP contribution in [0, 0.1) is 18.6 Å². The van der Waals surface area contributed by atoms with Gasteiger partial charge >= 0.3 is 0 Å². The van der Waals surface area contributed by atoms with Crippen molar-refractivity contribution >= 4 is 32.4 Å². The fourth-order valence-corrected chi connectivity index (χ4v) is 3.53. The molecule has 106 valence electrons. The third-order valence-corrected chi connectivity index (χ3v) is 4.97. The maximum Gasteiger partial charge on any atom is 0.144 e. The molecule has 6 heteroatoms. The molecule has 0 bridgehead atoms. The van der Waals surface area contributed by atoms with Crippen LogP contribution in [0.25, 0.3) is 0 Å². The molecule has 0 radical (unpaired) electrons. The highest BCUT2D eigenvalue weighted by Crippen LogP contribution is 2.25. The van der Waals surface area contributed by atoms with Gasteiger partial charge in [-0.3, -0.25) is 4.21 Å². The Balaban J connectivity index is 2.35. The summed E-state index contributed by atoms with van der Waals surface area (Å²) in [4.78, 5) is 0.526. The first-order chi connectivity index (χ1) is 9.40. The van der Waals surface area contributed by atoms with Gasteiger partial charge in [-0.1, -0.05) is 0 Å². The van der Waals surface area contributed by atoms with Crippen LogP contribution < -0.4 is 5.73 Å². The van der Waals surface area contributed by atoms with E-state index in [9.17, 15) is 13.0 Å². The van der Waals surface area contributed by atoms with Crippen LogP contribution in [0.5, 0.6) is 0 Å². The summed E-state index contributed by atoms with van der Waals surface area (Å²) in [5.41, 5.74) is 6.73. The molecule has 0 fully saturated rings. The number of nitrogen functional groups attached to an aromatic ring is 1. The molecule has 2 aromatic carbocycles. The van der Waals surface area contributed by atoms with Crippen LogP contribution in [0.15, 0.2) is 39.7 Å². The first-order valence-electron chi connectivity index (χ1n) is 5.77. The SMILES string of the molecule is Cc1cc(N)ccc1S(=O)Cc1c(F)ccc(Br)c1F. The molecule has 1 atom stereocenters. The van der Waals surface area contributed by atoms with Crippen LogP contribution in [0.1, 0.15) is 11.1 Å². The summed E-state index contributed by atoms with van der Waals surface area (Å²) in [5.74, 6) is -1.64. The summed E-state index contributed by atoms with van der Waals surface area (Å²) in [7, 11) is -1.54. The molecule has 20 heavy (non-hydrogen) atoms. The van der Waals surface area contributed by atoms with Gasteiger partial charge in [-0.05, 0) is 58.7 Å². The van der Waals surface area contributed by atoms with Gasteiger partial charge in [0.05, 0.1) is 21.0 Å². The molecule has 0 heterocycles. The number of rotatable bonds is 3. The van der Waals surface area contributed by atoms with Crippen LogP contribution in [0.2, 0.25) is 0 Å². The van der Waals surface area contributed by atoms with E-state index in [1.54, 1.807) is 25.1 Å². The van der Waals surface area contributed by atoms with Crippen molar-refractivity contribution in [2.24, 2.45) is 0 Å². The van der Waals surface area contributed by atoms with E-state index in [1.807, 2.05) is 0 Å². The molecule has 0 saturated heterocycles. The van der Waals surface area contributed by atoms with E-state index in [-0.39, 0.29) is 15.8 Å². The molecule has 0 aliphatic carbocycles. The van der Waals surface area contributed by atoms with Crippen LogP contribution in [0.4, 0.5) is 14.5 Å². The summed E-state index contributed by atoms with van der Waals surface area (Å²) < 4.78 is 40.0. The maximum atomic E-state index is 13.9. The number of benzene rings is 2. The van der Waals surface area contributed by atoms with E-state index in [0.717, 1.165) is 11.6 Å². The fraction of sp³-hybridized carbons (Fsp3) is 0.143. The van der Waals surface area contributed by atoms with Crippen LogP contribution in [0.3, 0.4) is 0 Å². The van der Waals surface area contributed by atoms with Crippen molar-refractivity contribution in [2.75, 3.05) is 5.73 Å². The Morgan fingerprint density at radius 2 is 1.95 bits per heavy atom. The maximum absolute atomic E-state index is 13.9. The monoisotopic (exact) mass is 359 g/mol. The van der Waals surface area contributed by atoms with Crippen LogP contribution in [-0.2, 0) is 16.6 Å². The zero-order valence-electron chi connectivity index (χ0n) is 10.6. The lowest BCUT2D eigenvalue weighted by Gasteiger charge is -2.09. The molecule has 0 saturated carbocycles. The first-order valence-corrected chi connectivity index (χ1v) is 7.88. The topological polar surface area (TPSA) is 43.1 Å². The Bertz CT molecular complexity index is 691. The third kappa shape index (κ3) is 3.07. The van der Waals surface area contributed by atoms with Crippen molar-refractivity contribution in [3.05, 3.63) is 57.6 Å². The van der Waals surface area contributed by atoms with Gasteiger partial charge in [0.1, 0.15) is 11.6 Å². The molecular formula is C14H12BrF2NOS. The number of aryl methyl sites for hydroxylation is 1. The van der Waals surface area contributed by atoms with Gasteiger partial charge in [-0.2, -0.15) is 0 Å². The molecule has 2 rings (SSSR count). The molecule has 0 aliphatic heterocycles. The standard InChI is InChI=1S/C14H12BrF2NOS/c1-8-6-9(18)2-5-13(8)20(19)7-10-12(16)4-3-11(15)14(10)17/h2-6H,7,18H2,1H3. The Kier molecular flexibility index (Phi) is 4.55. The van der Waals surface area contributed by atoms with Gasteiger partial charge in [-0.25, -0.2) is 8.78 Å². The first kappa shape index (κ1) is 15.1. The molecule has 2 N–H and O–H groups in total. The van der Waals surface area contributed by atoms with E-state index >= 15 is 0 Å². The Labute approximate surface area is 126 Å². The number of anilines is 1. The van der Waals surface area contributed by atoms with Gasteiger partial charge in [0.2, 0.25) is 0 Å². The Morgan fingerprint density at radius 1 is 1.25 bits per heavy atom. The van der Waals surface area contributed by atoms with Crippen molar-refractivity contribution in [1.29, 1.82) is 0 Å². The quantitative estimate of drug-likeness (QED) is 0.666. The zero-order valence-corrected chi connectivity index (χ0v) is 13.0. The normalized spacial score (nSPS) is 12.4. The molecular weight excluding hydrogens is 348 g/mol. The van der Waals surface area contributed by atoms with Gasteiger partial charge in [0.15, 0.2) is 0 Å². The summed E-state index contributed by atoms with van der Waals surface area (Å²) >= 11 is 2.99. The van der Waals surface area contributed by atoms with E-state index in [1.165, 1.54) is 6.07 Å². The molecule has 0 spiro atoms. The Hall–Kier alpha value is -1.27. The third-order valence-electron chi connectivity index (χ3n) is 2.86. The molecule has 0 amide bonds. The second-order valence-electron chi connectivity index (χ2n) is 4.34. The van der Waals surface area contributed by atoms with Crippen molar-refractivity contribution in [3.63, 3.8) is 0 Å². The molecule has 2 nitrogen and oxygen atoms in total. The number of hydrogen-bond acceptors (Lipinski definition) is 2. The second kappa shape index (κ2) is 6.01. The minimum absolute atomic E-state index is 0.153. The highest BCUT2D eigenvalue weighted by molar-refractivity contribution is 9.10. The average molecular weight is 360 g/mol. The van der Waals surface area contributed by atoms with Gasteiger partial charge in [0.25, 0.3) is 0 Å². The predicted molar refractivity (Wildman–Crippen MR) is 79.8 cm³/mol. The van der Waals surface area contributed by atoms with E-state index in [0.29, 0.717) is 10.6 Å². The van der Waals surface area contributed by atoms with Crippen molar-refractivity contribution in [1.82, 2.24) is 0 Å². The molecule has 1 unspecified atom stereocenters. The predicted octanol–water partition coefficient (Wildman–Crippen LogP) is 3.93.